The molecule has 0 unspecified atom stereocenters. The van der Waals surface area contributed by atoms with Crippen molar-refractivity contribution in [1.82, 2.24) is 24.6 Å². The number of benzene rings is 1. The first-order valence-electron chi connectivity index (χ1n) is 10.1. The summed E-state index contributed by atoms with van der Waals surface area (Å²) >= 11 is 0. The molecule has 0 saturated carbocycles. The number of aryl methyl sites for hydroxylation is 1. The topological polar surface area (TPSA) is 85.3 Å². The van der Waals surface area contributed by atoms with Gasteiger partial charge in [0.1, 0.15) is 23.8 Å². The Morgan fingerprint density at radius 1 is 1.17 bits per heavy atom. The Bertz CT molecular complexity index is 1030. The fourth-order valence-electron chi connectivity index (χ4n) is 4.07. The van der Waals surface area contributed by atoms with Gasteiger partial charge in [-0.05, 0) is 36.8 Å². The first kappa shape index (κ1) is 19.0. The fraction of sp³-hybridized carbons (Fsp3) is 0.381. The van der Waals surface area contributed by atoms with Gasteiger partial charge in [-0.15, -0.1) is 5.10 Å². The summed E-state index contributed by atoms with van der Waals surface area (Å²) in [5.74, 6) is 1.43. The van der Waals surface area contributed by atoms with Gasteiger partial charge in [0.2, 0.25) is 0 Å². The van der Waals surface area contributed by atoms with Crippen LogP contribution in [0.1, 0.15) is 5.56 Å². The third-order valence-corrected chi connectivity index (χ3v) is 5.77. The molecule has 0 bridgehead atoms. The minimum absolute atomic E-state index is 0.323. The lowest BCUT2D eigenvalue weighted by molar-refractivity contribution is 0.0104. The molecular formula is C21H24FN7O. The molecule has 30 heavy (non-hydrogen) atoms. The predicted molar refractivity (Wildman–Crippen MR) is 112 cm³/mol. The van der Waals surface area contributed by atoms with Crippen LogP contribution in [0.4, 0.5) is 16.0 Å². The Balaban J connectivity index is 1.34. The van der Waals surface area contributed by atoms with E-state index in [1.807, 2.05) is 13.0 Å². The van der Waals surface area contributed by atoms with E-state index < -0.39 is 0 Å². The van der Waals surface area contributed by atoms with Crippen molar-refractivity contribution in [1.29, 1.82) is 0 Å². The molecule has 2 aliphatic heterocycles. The molecule has 8 nitrogen and oxygen atoms in total. The van der Waals surface area contributed by atoms with Crippen LogP contribution in [-0.2, 0) is 4.74 Å². The van der Waals surface area contributed by atoms with Crippen molar-refractivity contribution < 1.29 is 9.13 Å². The van der Waals surface area contributed by atoms with Crippen LogP contribution in [0.3, 0.4) is 0 Å². The molecule has 0 amide bonds. The number of pyridine rings is 1. The number of hydrogen-bond donors (Lipinski definition) is 1. The Labute approximate surface area is 174 Å². The van der Waals surface area contributed by atoms with Gasteiger partial charge in [-0.1, -0.05) is 6.07 Å². The second-order valence-electron chi connectivity index (χ2n) is 7.76. The van der Waals surface area contributed by atoms with E-state index in [1.165, 1.54) is 16.8 Å². The number of anilines is 2. The Morgan fingerprint density at radius 2 is 1.97 bits per heavy atom. The molecule has 156 valence electrons. The highest BCUT2D eigenvalue weighted by molar-refractivity contribution is 5.74. The van der Waals surface area contributed by atoms with Gasteiger partial charge in [-0.25, -0.2) is 19.0 Å². The van der Waals surface area contributed by atoms with E-state index in [0.29, 0.717) is 28.9 Å². The van der Waals surface area contributed by atoms with Crippen molar-refractivity contribution in [2.24, 2.45) is 0 Å². The zero-order chi connectivity index (χ0) is 20.7. The van der Waals surface area contributed by atoms with Crippen LogP contribution in [0.2, 0.25) is 0 Å². The first-order chi connectivity index (χ1) is 14.6. The van der Waals surface area contributed by atoms with Gasteiger partial charge in [-0.2, -0.15) is 0 Å². The van der Waals surface area contributed by atoms with Crippen LogP contribution in [0.15, 0.2) is 36.7 Å². The summed E-state index contributed by atoms with van der Waals surface area (Å²) in [6, 6.07) is 8.79. The maximum absolute atomic E-state index is 13.5. The SMILES string of the molecule is Cc1cc(N2CC(N3CCOCC3)C2)nc(N)c1-c1ncn(-c2cccc(F)c2)n1. The van der Waals surface area contributed by atoms with Crippen LogP contribution in [0, 0.1) is 12.7 Å². The Morgan fingerprint density at radius 3 is 2.70 bits per heavy atom. The predicted octanol–water partition coefficient (Wildman–Crippen LogP) is 1.88. The molecular weight excluding hydrogens is 385 g/mol. The second-order valence-corrected chi connectivity index (χ2v) is 7.76. The molecule has 0 radical (unpaired) electrons. The minimum atomic E-state index is -0.323. The summed E-state index contributed by atoms with van der Waals surface area (Å²) in [5, 5.41) is 4.48. The quantitative estimate of drug-likeness (QED) is 0.704. The maximum atomic E-state index is 13.5. The van der Waals surface area contributed by atoms with Crippen molar-refractivity contribution in [2.75, 3.05) is 50.0 Å². The Kier molecular flexibility index (Phi) is 4.84. The average molecular weight is 409 g/mol. The van der Waals surface area contributed by atoms with Gasteiger partial charge >= 0.3 is 0 Å². The number of halogens is 1. The fourth-order valence-corrected chi connectivity index (χ4v) is 4.07. The van der Waals surface area contributed by atoms with Crippen LogP contribution >= 0.6 is 0 Å². The molecule has 2 saturated heterocycles. The van der Waals surface area contributed by atoms with Crippen molar-refractivity contribution >= 4 is 11.6 Å². The van der Waals surface area contributed by atoms with Gasteiger partial charge < -0.3 is 15.4 Å². The number of ether oxygens (including phenoxy) is 1. The van der Waals surface area contributed by atoms with Gasteiger partial charge in [0.15, 0.2) is 5.82 Å². The molecule has 0 aliphatic carbocycles. The molecule has 0 spiro atoms. The van der Waals surface area contributed by atoms with Crippen LogP contribution < -0.4 is 10.6 Å². The van der Waals surface area contributed by atoms with E-state index in [2.05, 4.69) is 24.9 Å². The molecule has 2 aliphatic rings. The molecule has 2 fully saturated rings. The standard InChI is InChI=1S/C21H24FN7O/c1-14-9-18(28-11-17(12-28)27-5-7-30-8-6-27)25-20(23)19(14)21-24-13-29(26-21)16-4-2-3-15(22)10-16/h2-4,9-10,13,17H,5-8,11-12H2,1H3,(H2,23,25). The van der Waals surface area contributed by atoms with Crippen LogP contribution in [0.5, 0.6) is 0 Å². The van der Waals surface area contributed by atoms with E-state index in [-0.39, 0.29) is 5.82 Å². The molecule has 0 atom stereocenters. The van der Waals surface area contributed by atoms with Gasteiger partial charge in [0.25, 0.3) is 0 Å². The van der Waals surface area contributed by atoms with Gasteiger partial charge in [0, 0.05) is 32.2 Å². The molecule has 2 aromatic heterocycles. The van der Waals surface area contributed by atoms with E-state index >= 15 is 0 Å². The molecule has 3 aromatic rings. The van der Waals surface area contributed by atoms with E-state index in [4.69, 9.17) is 10.5 Å². The monoisotopic (exact) mass is 409 g/mol. The Hall–Kier alpha value is -3.04. The van der Waals surface area contributed by atoms with Gasteiger partial charge in [0.05, 0.1) is 24.5 Å². The molecule has 1 aromatic carbocycles. The van der Waals surface area contributed by atoms with E-state index in [9.17, 15) is 4.39 Å². The summed E-state index contributed by atoms with van der Waals surface area (Å²) in [6.45, 7) is 7.47. The number of hydrogen-bond acceptors (Lipinski definition) is 7. The molecule has 4 heterocycles. The summed E-state index contributed by atoms with van der Waals surface area (Å²) < 4.78 is 20.5. The number of nitrogens with zero attached hydrogens (tertiary/aromatic N) is 6. The van der Waals surface area contributed by atoms with Crippen molar-refractivity contribution in [3.63, 3.8) is 0 Å². The highest BCUT2D eigenvalue weighted by Gasteiger charge is 2.33. The largest absolute Gasteiger partial charge is 0.383 e. The number of rotatable bonds is 4. The normalized spacial score (nSPS) is 17.9. The smallest absolute Gasteiger partial charge is 0.185 e. The van der Waals surface area contributed by atoms with E-state index in [0.717, 1.165) is 50.8 Å². The lowest BCUT2D eigenvalue weighted by Gasteiger charge is -2.47. The highest BCUT2D eigenvalue weighted by Crippen LogP contribution is 2.31. The minimum Gasteiger partial charge on any atom is -0.383 e. The first-order valence-corrected chi connectivity index (χ1v) is 10.1. The maximum Gasteiger partial charge on any atom is 0.185 e. The average Bonchev–Trinajstić information content (AvgIpc) is 3.17. The van der Waals surface area contributed by atoms with Crippen LogP contribution in [0.25, 0.3) is 17.1 Å². The van der Waals surface area contributed by atoms with Crippen molar-refractivity contribution in [3.8, 4) is 17.1 Å². The summed E-state index contributed by atoms with van der Waals surface area (Å²) in [6.07, 6.45) is 1.55. The summed E-state index contributed by atoms with van der Waals surface area (Å²) in [5.41, 5.74) is 8.58. The molecule has 5 rings (SSSR count). The third-order valence-electron chi connectivity index (χ3n) is 5.77. The number of nitrogens with two attached hydrogens (primary N) is 1. The van der Waals surface area contributed by atoms with Crippen molar-refractivity contribution in [3.05, 3.63) is 48.0 Å². The van der Waals surface area contributed by atoms with Crippen molar-refractivity contribution in [2.45, 2.75) is 13.0 Å². The number of morpholine rings is 1. The van der Waals surface area contributed by atoms with Crippen LogP contribution in [-0.4, -0.2) is 70.1 Å². The third kappa shape index (κ3) is 3.50. The zero-order valence-electron chi connectivity index (χ0n) is 16.8. The lowest BCUT2D eigenvalue weighted by Crippen LogP contribution is -2.61. The highest BCUT2D eigenvalue weighted by atomic mass is 19.1. The van der Waals surface area contributed by atoms with E-state index in [1.54, 1.807) is 18.5 Å². The molecule has 2 N–H and O–H groups in total. The lowest BCUT2D eigenvalue weighted by atomic mass is 10.0. The summed E-state index contributed by atoms with van der Waals surface area (Å²) in [7, 11) is 0. The second kappa shape index (κ2) is 7.66. The molecule has 9 heteroatoms. The van der Waals surface area contributed by atoms with Gasteiger partial charge in [-0.3, -0.25) is 4.90 Å². The zero-order valence-corrected chi connectivity index (χ0v) is 16.8. The summed E-state index contributed by atoms with van der Waals surface area (Å²) in [4.78, 5) is 13.7. The number of nitrogen functional groups attached to an aromatic ring is 1. The number of aromatic nitrogens is 4.